The van der Waals surface area contributed by atoms with Crippen LogP contribution in [0, 0.1) is 5.92 Å². The van der Waals surface area contributed by atoms with Crippen LogP contribution in [-0.2, 0) is 14.8 Å². The minimum absolute atomic E-state index is 0.0160. The van der Waals surface area contributed by atoms with Gasteiger partial charge < -0.3 is 5.11 Å². The molecule has 5 nitrogen and oxygen atoms in total. The highest BCUT2D eigenvalue weighted by molar-refractivity contribution is 7.89. The third kappa shape index (κ3) is 3.09. The molecule has 110 valence electrons. The van der Waals surface area contributed by atoms with Gasteiger partial charge in [0.15, 0.2) is 0 Å². The van der Waals surface area contributed by atoms with Crippen LogP contribution in [-0.4, -0.2) is 36.9 Å². The van der Waals surface area contributed by atoms with Crippen molar-refractivity contribution in [3.8, 4) is 0 Å². The average molecular weight is 338 g/mol. The Morgan fingerprint density at radius 1 is 1.30 bits per heavy atom. The summed E-state index contributed by atoms with van der Waals surface area (Å²) in [6, 6.07) is 4.06. The molecule has 1 aliphatic rings. The molecular formula is C12H13Cl2NO4S. The summed E-state index contributed by atoms with van der Waals surface area (Å²) in [4.78, 5) is 11.0. The van der Waals surface area contributed by atoms with Gasteiger partial charge >= 0.3 is 5.97 Å². The number of hydrogen-bond acceptors (Lipinski definition) is 3. The maximum atomic E-state index is 12.5. The van der Waals surface area contributed by atoms with E-state index in [4.69, 9.17) is 28.3 Å². The van der Waals surface area contributed by atoms with Crippen LogP contribution in [0.25, 0.3) is 0 Å². The van der Waals surface area contributed by atoms with E-state index in [1.165, 1.54) is 22.5 Å². The number of nitrogens with zero attached hydrogens (tertiary/aromatic N) is 1. The molecule has 0 bridgehead atoms. The number of aliphatic carboxylic acids is 1. The molecule has 1 aromatic rings. The monoisotopic (exact) mass is 337 g/mol. The van der Waals surface area contributed by atoms with Gasteiger partial charge in [-0.25, -0.2) is 8.42 Å². The maximum Gasteiger partial charge on any atom is 0.307 e. The lowest BCUT2D eigenvalue weighted by atomic mass is 10.0. The van der Waals surface area contributed by atoms with Crippen LogP contribution in [0.5, 0.6) is 0 Å². The second-order valence-corrected chi connectivity index (χ2v) is 7.37. The molecule has 0 radical (unpaired) electrons. The van der Waals surface area contributed by atoms with Gasteiger partial charge in [0.25, 0.3) is 0 Å². The van der Waals surface area contributed by atoms with Gasteiger partial charge in [-0.1, -0.05) is 23.2 Å². The van der Waals surface area contributed by atoms with Gasteiger partial charge in [-0.2, -0.15) is 4.31 Å². The molecule has 20 heavy (non-hydrogen) atoms. The first-order valence-corrected chi connectivity index (χ1v) is 8.20. The van der Waals surface area contributed by atoms with Gasteiger partial charge in [-0.05, 0) is 31.0 Å². The SMILES string of the molecule is O=C(O)[C@H]1CCCN(S(=O)(=O)c2ccc(Cl)c(Cl)c2)C1. The Morgan fingerprint density at radius 2 is 2.00 bits per heavy atom. The first kappa shape index (κ1) is 15.6. The van der Waals surface area contributed by atoms with Gasteiger partial charge in [0.05, 0.1) is 20.9 Å². The summed E-state index contributed by atoms with van der Waals surface area (Å²) in [7, 11) is -3.74. The predicted octanol–water partition coefficient (Wildman–Crippen LogP) is 2.48. The molecule has 0 spiro atoms. The molecule has 0 unspecified atom stereocenters. The van der Waals surface area contributed by atoms with Crippen molar-refractivity contribution in [3.63, 3.8) is 0 Å². The third-order valence-electron chi connectivity index (χ3n) is 3.26. The fourth-order valence-electron chi connectivity index (χ4n) is 2.15. The van der Waals surface area contributed by atoms with E-state index >= 15 is 0 Å². The number of piperidine rings is 1. The topological polar surface area (TPSA) is 74.7 Å². The second-order valence-electron chi connectivity index (χ2n) is 4.62. The molecule has 2 rings (SSSR count). The fraction of sp³-hybridized carbons (Fsp3) is 0.417. The van der Waals surface area contributed by atoms with Crippen molar-refractivity contribution in [2.24, 2.45) is 5.92 Å². The molecule has 1 aliphatic heterocycles. The Balaban J connectivity index is 2.29. The normalized spacial score (nSPS) is 20.8. The Hall–Kier alpha value is -0.820. The summed E-state index contributed by atoms with van der Waals surface area (Å²) < 4.78 is 26.1. The van der Waals surface area contributed by atoms with E-state index in [1.807, 2.05) is 0 Å². The summed E-state index contributed by atoms with van der Waals surface area (Å²) in [6.07, 6.45) is 1.01. The molecule has 1 atom stereocenters. The molecule has 0 saturated carbocycles. The van der Waals surface area contributed by atoms with Crippen molar-refractivity contribution in [2.75, 3.05) is 13.1 Å². The Morgan fingerprint density at radius 3 is 2.60 bits per heavy atom. The van der Waals surface area contributed by atoms with E-state index in [-0.39, 0.29) is 21.5 Å². The number of halogens is 2. The van der Waals surface area contributed by atoms with E-state index in [9.17, 15) is 13.2 Å². The third-order valence-corrected chi connectivity index (χ3v) is 5.86. The molecule has 8 heteroatoms. The minimum Gasteiger partial charge on any atom is -0.481 e. The zero-order valence-corrected chi connectivity index (χ0v) is 12.7. The van der Waals surface area contributed by atoms with Gasteiger partial charge in [0, 0.05) is 13.1 Å². The van der Waals surface area contributed by atoms with Crippen molar-refractivity contribution in [3.05, 3.63) is 28.2 Å². The molecular weight excluding hydrogens is 325 g/mol. The van der Waals surface area contributed by atoms with Crippen molar-refractivity contribution in [1.29, 1.82) is 0 Å². The smallest absolute Gasteiger partial charge is 0.307 e. The maximum absolute atomic E-state index is 12.5. The van der Waals surface area contributed by atoms with Crippen LogP contribution in [0.4, 0.5) is 0 Å². The largest absolute Gasteiger partial charge is 0.481 e. The standard InChI is InChI=1S/C12H13Cl2NO4S/c13-10-4-3-9(6-11(10)14)20(18,19)15-5-1-2-8(7-15)12(16)17/h3-4,6,8H,1-2,5,7H2,(H,16,17)/t8-/m0/s1. The lowest BCUT2D eigenvalue weighted by Crippen LogP contribution is -2.42. The van der Waals surface area contributed by atoms with E-state index in [0.29, 0.717) is 19.4 Å². The quantitative estimate of drug-likeness (QED) is 0.919. The molecule has 1 N–H and O–H groups in total. The Kier molecular flexibility index (Phi) is 4.59. The lowest BCUT2D eigenvalue weighted by molar-refractivity contribution is -0.142. The van der Waals surface area contributed by atoms with Crippen LogP contribution >= 0.6 is 23.2 Å². The summed E-state index contributed by atoms with van der Waals surface area (Å²) in [5.74, 6) is -1.64. The molecule has 1 heterocycles. The highest BCUT2D eigenvalue weighted by Crippen LogP contribution is 2.28. The minimum atomic E-state index is -3.74. The summed E-state index contributed by atoms with van der Waals surface area (Å²) in [5, 5.41) is 9.44. The molecule has 1 aromatic carbocycles. The summed E-state index contributed by atoms with van der Waals surface area (Å²) in [5.41, 5.74) is 0. The van der Waals surface area contributed by atoms with E-state index in [1.54, 1.807) is 0 Å². The lowest BCUT2D eigenvalue weighted by Gasteiger charge is -2.29. The van der Waals surface area contributed by atoms with Crippen LogP contribution in [0.2, 0.25) is 10.0 Å². The van der Waals surface area contributed by atoms with Gasteiger partial charge in [-0.3, -0.25) is 4.79 Å². The number of benzene rings is 1. The zero-order chi connectivity index (χ0) is 14.9. The Labute approximate surface area is 127 Å². The number of sulfonamides is 1. The van der Waals surface area contributed by atoms with Crippen LogP contribution < -0.4 is 0 Å². The van der Waals surface area contributed by atoms with E-state index < -0.39 is 21.9 Å². The van der Waals surface area contributed by atoms with E-state index in [0.717, 1.165) is 0 Å². The number of carboxylic acids is 1. The van der Waals surface area contributed by atoms with Crippen molar-refractivity contribution in [1.82, 2.24) is 4.31 Å². The first-order chi connectivity index (χ1) is 9.32. The fourth-order valence-corrected chi connectivity index (χ4v) is 4.06. The van der Waals surface area contributed by atoms with Crippen LogP contribution in [0.3, 0.4) is 0 Å². The molecule has 1 saturated heterocycles. The molecule has 0 aromatic heterocycles. The molecule has 0 amide bonds. The van der Waals surface area contributed by atoms with Crippen LogP contribution in [0.15, 0.2) is 23.1 Å². The number of carbonyl (C=O) groups is 1. The van der Waals surface area contributed by atoms with Crippen LogP contribution in [0.1, 0.15) is 12.8 Å². The first-order valence-electron chi connectivity index (χ1n) is 6.00. The summed E-state index contributed by atoms with van der Waals surface area (Å²) >= 11 is 11.6. The molecule has 0 aliphatic carbocycles. The van der Waals surface area contributed by atoms with Gasteiger partial charge in [-0.15, -0.1) is 0 Å². The van der Waals surface area contributed by atoms with Crippen molar-refractivity contribution in [2.45, 2.75) is 17.7 Å². The zero-order valence-electron chi connectivity index (χ0n) is 10.4. The summed E-state index contributed by atoms with van der Waals surface area (Å²) in [6.45, 7) is 0.296. The van der Waals surface area contributed by atoms with Crippen molar-refractivity contribution >= 4 is 39.2 Å². The van der Waals surface area contributed by atoms with Gasteiger partial charge in [0.2, 0.25) is 10.0 Å². The highest BCUT2D eigenvalue weighted by atomic mass is 35.5. The number of carboxylic acid groups (broad SMARTS) is 1. The predicted molar refractivity (Wildman–Crippen MR) is 75.6 cm³/mol. The average Bonchev–Trinajstić information content (AvgIpc) is 2.42. The van der Waals surface area contributed by atoms with Crippen molar-refractivity contribution < 1.29 is 18.3 Å². The molecule has 1 fully saturated rings. The van der Waals surface area contributed by atoms with Gasteiger partial charge in [0.1, 0.15) is 0 Å². The second kappa shape index (κ2) is 5.89. The number of hydrogen-bond donors (Lipinski definition) is 1. The number of rotatable bonds is 3. The Bertz CT molecular complexity index is 632. The van der Waals surface area contributed by atoms with E-state index in [2.05, 4.69) is 0 Å². The highest BCUT2D eigenvalue weighted by Gasteiger charge is 2.33.